The monoisotopic (exact) mass is 209 g/mol. The van der Waals surface area contributed by atoms with Crippen LogP contribution in [-0.4, -0.2) is 10.8 Å². The Kier molecular flexibility index (Phi) is 2.49. The molecule has 3 N–H and O–H groups in total. The molecule has 0 radical (unpaired) electrons. The fraction of sp³-hybridized carbons (Fsp3) is 0.333. The van der Waals surface area contributed by atoms with Crippen molar-refractivity contribution in [2.75, 3.05) is 0 Å². The molecule has 1 heterocycles. The standard InChI is InChI=1S/C9H11N3OS/c10-9(14)12-11-7-2-1-3-8-6(7)4-5-13-8/h4-5H,1-3H2,(H3,10,12,14)/b11-7-. The molecule has 0 saturated heterocycles. The molecule has 1 aliphatic carbocycles. The van der Waals surface area contributed by atoms with Crippen molar-refractivity contribution in [2.24, 2.45) is 10.8 Å². The highest BCUT2D eigenvalue weighted by atomic mass is 32.1. The molecule has 2 rings (SSSR count). The smallest absolute Gasteiger partial charge is 0.184 e. The summed E-state index contributed by atoms with van der Waals surface area (Å²) >= 11 is 4.68. The fourth-order valence-corrected chi connectivity index (χ4v) is 1.63. The summed E-state index contributed by atoms with van der Waals surface area (Å²) in [6.45, 7) is 0. The second-order valence-corrected chi connectivity index (χ2v) is 3.59. The highest BCUT2D eigenvalue weighted by Crippen LogP contribution is 2.22. The summed E-state index contributed by atoms with van der Waals surface area (Å²) in [5.74, 6) is 1.000. The summed E-state index contributed by atoms with van der Waals surface area (Å²) in [4.78, 5) is 0. The van der Waals surface area contributed by atoms with Gasteiger partial charge in [0.25, 0.3) is 0 Å². The van der Waals surface area contributed by atoms with E-state index in [2.05, 4.69) is 22.7 Å². The van der Waals surface area contributed by atoms with Crippen LogP contribution in [0.4, 0.5) is 0 Å². The molecule has 1 aliphatic rings. The van der Waals surface area contributed by atoms with E-state index in [1.54, 1.807) is 6.26 Å². The quantitative estimate of drug-likeness (QED) is 0.538. The highest BCUT2D eigenvalue weighted by Gasteiger charge is 2.17. The summed E-state index contributed by atoms with van der Waals surface area (Å²) in [7, 11) is 0. The van der Waals surface area contributed by atoms with Gasteiger partial charge < -0.3 is 10.2 Å². The number of furan rings is 1. The Morgan fingerprint density at radius 1 is 1.57 bits per heavy atom. The lowest BCUT2D eigenvalue weighted by molar-refractivity contribution is 0.498. The van der Waals surface area contributed by atoms with Gasteiger partial charge in [0.1, 0.15) is 5.76 Å². The van der Waals surface area contributed by atoms with Gasteiger partial charge in [-0.3, -0.25) is 5.43 Å². The van der Waals surface area contributed by atoms with Crippen molar-refractivity contribution in [3.8, 4) is 0 Å². The lowest BCUT2D eigenvalue weighted by Gasteiger charge is -2.12. The molecule has 0 spiro atoms. The van der Waals surface area contributed by atoms with Crippen molar-refractivity contribution in [2.45, 2.75) is 19.3 Å². The highest BCUT2D eigenvalue weighted by molar-refractivity contribution is 7.80. The summed E-state index contributed by atoms with van der Waals surface area (Å²) in [5.41, 5.74) is 9.93. The Bertz CT molecular complexity index is 383. The number of nitrogens with zero attached hydrogens (tertiary/aromatic N) is 1. The van der Waals surface area contributed by atoms with Crippen LogP contribution < -0.4 is 11.2 Å². The van der Waals surface area contributed by atoms with Gasteiger partial charge in [-0.2, -0.15) is 5.10 Å². The molecular weight excluding hydrogens is 198 g/mol. The Morgan fingerprint density at radius 2 is 2.43 bits per heavy atom. The molecule has 0 atom stereocenters. The van der Waals surface area contributed by atoms with E-state index in [1.807, 2.05) is 6.07 Å². The minimum atomic E-state index is 0.188. The van der Waals surface area contributed by atoms with Crippen molar-refractivity contribution >= 4 is 23.0 Å². The number of hydrogen-bond donors (Lipinski definition) is 2. The number of hydrazone groups is 1. The van der Waals surface area contributed by atoms with Gasteiger partial charge in [0.05, 0.1) is 12.0 Å². The molecular formula is C9H11N3OS. The van der Waals surface area contributed by atoms with Gasteiger partial charge in [-0.05, 0) is 31.1 Å². The minimum Gasteiger partial charge on any atom is -0.469 e. The zero-order chi connectivity index (χ0) is 9.97. The van der Waals surface area contributed by atoms with Crippen molar-refractivity contribution in [3.05, 3.63) is 23.7 Å². The topological polar surface area (TPSA) is 63.5 Å². The predicted molar refractivity (Wildman–Crippen MR) is 58.1 cm³/mol. The number of fused-ring (bicyclic) bond motifs is 1. The van der Waals surface area contributed by atoms with Gasteiger partial charge in [0, 0.05) is 12.0 Å². The Hall–Kier alpha value is -1.36. The van der Waals surface area contributed by atoms with E-state index in [0.717, 1.165) is 36.3 Å². The maximum absolute atomic E-state index is 5.32. The van der Waals surface area contributed by atoms with E-state index in [0.29, 0.717) is 0 Å². The number of hydrogen-bond acceptors (Lipinski definition) is 3. The molecule has 0 aliphatic heterocycles. The van der Waals surface area contributed by atoms with Gasteiger partial charge >= 0.3 is 0 Å². The molecule has 0 unspecified atom stereocenters. The molecule has 1 aromatic rings. The van der Waals surface area contributed by atoms with Gasteiger partial charge in [0.15, 0.2) is 5.11 Å². The molecule has 0 bridgehead atoms. The third kappa shape index (κ3) is 1.77. The van der Waals surface area contributed by atoms with Crippen LogP contribution in [0.2, 0.25) is 0 Å². The summed E-state index contributed by atoms with van der Waals surface area (Å²) in [6.07, 6.45) is 4.65. The van der Waals surface area contributed by atoms with E-state index >= 15 is 0 Å². The van der Waals surface area contributed by atoms with E-state index in [1.165, 1.54) is 0 Å². The number of rotatable bonds is 1. The van der Waals surface area contributed by atoms with Gasteiger partial charge in [-0.1, -0.05) is 0 Å². The molecule has 14 heavy (non-hydrogen) atoms. The lowest BCUT2D eigenvalue weighted by Crippen LogP contribution is -2.26. The number of thiocarbonyl (C=S) groups is 1. The summed E-state index contributed by atoms with van der Waals surface area (Å²) < 4.78 is 5.32. The van der Waals surface area contributed by atoms with E-state index in [-0.39, 0.29) is 5.11 Å². The third-order valence-electron chi connectivity index (χ3n) is 2.17. The normalized spacial score (nSPS) is 17.9. The molecule has 4 nitrogen and oxygen atoms in total. The third-order valence-corrected chi connectivity index (χ3v) is 2.27. The van der Waals surface area contributed by atoms with Crippen molar-refractivity contribution < 1.29 is 4.42 Å². The Morgan fingerprint density at radius 3 is 3.21 bits per heavy atom. The molecule has 0 aromatic carbocycles. The minimum absolute atomic E-state index is 0.188. The first-order valence-electron chi connectivity index (χ1n) is 4.46. The number of nitrogens with two attached hydrogens (primary N) is 1. The SMILES string of the molecule is NC(=S)N/N=C1/CCCc2occc21. The zero-order valence-corrected chi connectivity index (χ0v) is 8.43. The average molecular weight is 209 g/mol. The van der Waals surface area contributed by atoms with E-state index < -0.39 is 0 Å². The second-order valence-electron chi connectivity index (χ2n) is 3.15. The Balaban J connectivity index is 2.23. The first-order valence-corrected chi connectivity index (χ1v) is 4.87. The van der Waals surface area contributed by atoms with E-state index in [9.17, 15) is 0 Å². The summed E-state index contributed by atoms with van der Waals surface area (Å²) in [5, 5.41) is 4.32. The van der Waals surface area contributed by atoms with Crippen LogP contribution in [0.3, 0.4) is 0 Å². The number of nitrogens with one attached hydrogen (secondary N) is 1. The second kappa shape index (κ2) is 3.79. The van der Waals surface area contributed by atoms with Gasteiger partial charge in [-0.25, -0.2) is 0 Å². The fourth-order valence-electron chi connectivity index (χ4n) is 1.58. The van der Waals surface area contributed by atoms with Gasteiger partial charge in [-0.15, -0.1) is 0 Å². The molecule has 74 valence electrons. The van der Waals surface area contributed by atoms with Gasteiger partial charge in [0.2, 0.25) is 0 Å². The van der Waals surface area contributed by atoms with Crippen LogP contribution >= 0.6 is 12.2 Å². The van der Waals surface area contributed by atoms with Crippen molar-refractivity contribution in [3.63, 3.8) is 0 Å². The first-order chi connectivity index (χ1) is 6.77. The summed E-state index contributed by atoms with van der Waals surface area (Å²) in [6, 6.07) is 1.93. The zero-order valence-electron chi connectivity index (χ0n) is 7.62. The van der Waals surface area contributed by atoms with Crippen LogP contribution in [-0.2, 0) is 6.42 Å². The van der Waals surface area contributed by atoms with Crippen LogP contribution in [0.25, 0.3) is 0 Å². The Labute approximate surface area is 87.2 Å². The molecule has 1 aromatic heterocycles. The van der Waals surface area contributed by atoms with Crippen LogP contribution in [0.5, 0.6) is 0 Å². The van der Waals surface area contributed by atoms with Crippen LogP contribution in [0, 0.1) is 0 Å². The number of aryl methyl sites for hydroxylation is 1. The molecule has 5 heteroatoms. The predicted octanol–water partition coefficient (Wildman–Crippen LogP) is 1.15. The lowest BCUT2D eigenvalue weighted by atomic mass is 9.97. The first kappa shape index (κ1) is 9.21. The molecule has 0 amide bonds. The largest absolute Gasteiger partial charge is 0.469 e. The van der Waals surface area contributed by atoms with Crippen LogP contribution in [0.1, 0.15) is 24.2 Å². The average Bonchev–Trinajstić information content (AvgIpc) is 2.62. The van der Waals surface area contributed by atoms with E-state index in [4.69, 9.17) is 10.2 Å². The van der Waals surface area contributed by atoms with Crippen molar-refractivity contribution in [1.82, 2.24) is 5.43 Å². The van der Waals surface area contributed by atoms with Crippen LogP contribution in [0.15, 0.2) is 21.8 Å². The van der Waals surface area contributed by atoms with Crippen molar-refractivity contribution in [1.29, 1.82) is 0 Å². The molecule has 0 fully saturated rings. The maximum atomic E-state index is 5.32. The maximum Gasteiger partial charge on any atom is 0.184 e. The molecule has 0 saturated carbocycles.